The number of allylic oxidation sites excluding steroid dienone is 4. The van der Waals surface area contributed by atoms with Crippen molar-refractivity contribution < 1.29 is 0 Å². The molecule has 0 bridgehead atoms. The average molecular weight is 168 g/mol. The first-order valence-electron chi connectivity index (χ1n) is 4.68. The van der Waals surface area contributed by atoms with Gasteiger partial charge < -0.3 is 0 Å². The Bertz CT molecular complexity index is 141. The number of hydrogen-bond donors (Lipinski definition) is 0. The molecule has 0 aromatic rings. The molecule has 72 valence electrons. The third-order valence-corrected chi connectivity index (χ3v) is 2.05. The van der Waals surface area contributed by atoms with E-state index in [0.29, 0.717) is 0 Å². The third kappa shape index (κ3) is 12.2. The first kappa shape index (κ1) is 14.0. The van der Waals surface area contributed by atoms with Crippen molar-refractivity contribution in [3.8, 4) is 0 Å². The Morgan fingerprint density at radius 1 is 0.917 bits per heavy atom. The summed E-state index contributed by atoms with van der Waals surface area (Å²) >= 11 is 0. The second-order valence-electron chi connectivity index (χ2n) is 3.49. The average Bonchev–Trinajstić information content (AvgIpc) is 2.04. The van der Waals surface area contributed by atoms with Gasteiger partial charge in [-0.2, -0.15) is 0 Å². The highest BCUT2D eigenvalue weighted by atomic mass is 13.8. The van der Waals surface area contributed by atoms with Crippen molar-refractivity contribution in [1.82, 2.24) is 0 Å². The minimum Gasteiger partial charge on any atom is -0.0887 e. The summed E-state index contributed by atoms with van der Waals surface area (Å²) in [6.45, 7) is 14.9. The molecule has 0 fully saturated rings. The quantitative estimate of drug-likeness (QED) is 0.497. The molecule has 0 aliphatic carbocycles. The largest absolute Gasteiger partial charge is 0.0887 e. The smallest absolute Gasteiger partial charge is 0.0352 e. The van der Waals surface area contributed by atoms with E-state index in [1.807, 2.05) is 0 Å². The van der Waals surface area contributed by atoms with Crippen molar-refractivity contribution in [2.75, 3.05) is 0 Å². The second-order valence-corrected chi connectivity index (χ2v) is 3.49. The van der Waals surface area contributed by atoms with Crippen molar-refractivity contribution in [3.05, 3.63) is 22.8 Å². The van der Waals surface area contributed by atoms with Crippen LogP contribution in [0.15, 0.2) is 22.8 Å². The van der Waals surface area contributed by atoms with Crippen LogP contribution in [0.3, 0.4) is 0 Å². The van der Waals surface area contributed by atoms with E-state index in [1.165, 1.54) is 23.1 Å². The van der Waals surface area contributed by atoms with Crippen molar-refractivity contribution in [2.24, 2.45) is 0 Å². The van der Waals surface area contributed by atoms with Crippen LogP contribution < -0.4 is 0 Å². The minimum atomic E-state index is 1.19. The lowest BCUT2D eigenvalue weighted by atomic mass is 10.2. The molecule has 12 heavy (non-hydrogen) atoms. The predicted molar refractivity (Wildman–Crippen MR) is 59.4 cm³/mol. The summed E-state index contributed by atoms with van der Waals surface area (Å²) in [5.74, 6) is 0. The van der Waals surface area contributed by atoms with E-state index < -0.39 is 0 Å². The molecule has 0 rings (SSSR count). The fourth-order valence-corrected chi connectivity index (χ4v) is 0.204. The molecule has 0 N–H and O–H groups in total. The minimum absolute atomic E-state index is 1.19. The molecule has 0 aromatic carbocycles. The summed E-state index contributed by atoms with van der Waals surface area (Å²) in [5, 5.41) is 0. The monoisotopic (exact) mass is 168 g/mol. The Hall–Kier alpha value is -0.520. The van der Waals surface area contributed by atoms with Gasteiger partial charge in [0, 0.05) is 0 Å². The molecule has 0 saturated heterocycles. The zero-order valence-corrected chi connectivity index (χ0v) is 9.78. The van der Waals surface area contributed by atoms with Crippen LogP contribution in [0.25, 0.3) is 0 Å². The van der Waals surface area contributed by atoms with Crippen molar-refractivity contribution in [3.63, 3.8) is 0 Å². The highest BCUT2D eigenvalue weighted by Crippen LogP contribution is 1.97. The molecule has 0 radical (unpaired) electrons. The number of hydrogen-bond acceptors (Lipinski definition) is 0. The molecule has 0 saturated carbocycles. The lowest BCUT2D eigenvalue weighted by Gasteiger charge is -1.88. The van der Waals surface area contributed by atoms with Gasteiger partial charge in [0.15, 0.2) is 0 Å². The zero-order chi connectivity index (χ0) is 10.1. The van der Waals surface area contributed by atoms with E-state index in [9.17, 15) is 0 Å². The van der Waals surface area contributed by atoms with Gasteiger partial charge in [-0.15, -0.1) is 0 Å². The summed E-state index contributed by atoms with van der Waals surface area (Å²) in [4.78, 5) is 0. The van der Waals surface area contributed by atoms with Gasteiger partial charge in [0.05, 0.1) is 0 Å². The molecular formula is C12H24. The van der Waals surface area contributed by atoms with Crippen LogP contribution in [0.1, 0.15) is 54.9 Å². The summed E-state index contributed by atoms with van der Waals surface area (Å²) in [5.41, 5.74) is 4.32. The van der Waals surface area contributed by atoms with Gasteiger partial charge in [-0.3, -0.25) is 0 Å². The molecule has 0 heteroatoms. The Kier molecular flexibility index (Phi) is 10.0. The maximum atomic E-state index is 2.16. The van der Waals surface area contributed by atoms with Crippen LogP contribution in [0.4, 0.5) is 0 Å². The molecule has 0 nitrogen and oxygen atoms in total. The summed E-state index contributed by atoms with van der Waals surface area (Å²) in [6, 6.07) is 0. The molecule has 0 spiro atoms. The van der Waals surface area contributed by atoms with E-state index in [2.05, 4.69) is 54.5 Å². The maximum absolute atomic E-state index is 2.16. The van der Waals surface area contributed by atoms with Crippen LogP contribution in [0.2, 0.25) is 0 Å². The van der Waals surface area contributed by atoms with E-state index in [0.717, 1.165) is 0 Å². The highest BCUT2D eigenvalue weighted by Gasteiger charge is 1.75. The number of rotatable bonds is 1. The topological polar surface area (TPSA) is 0 Å². The molecule has 0 amide bonds. The summed E-state index contributed by atoms with van der Waals surface area (Å²) in [6.07, 6.45) is 3.33. The van der Waals surface area contributed by atoms with E-state index in [1.54, 1.807) is 0 Å². The third-order valence-electron chi connectivity index (χ3n) is 2.05. The second kappa shape index (κ2) is 8.58. The first-order chi connectivity index (χ1) is 5.45. The molecule has 0 atom stereocenters. The van der Waals surface area contributed by atoms with Crippen LogP contribution in [-0.2, 0) is 0 Å². The van der Waals surface area contributed by atoms with E-state index in [-0.39, 0.29) is 0 Å². The van der Waals surface area contributed by atoms with Gasteiger partial charge in [-0.25, -0.2) is 0 Å². The molecule has 0 unspecified atom stereocenters. The van der Waals surface area contributed by atoms with E-state index in [4.69, 9.17) is 0 Å². The summed E-state index contributed by atoms with van der Waals surface area (Å²) in [7, 11) is 0. The standard InChI is InChI=1S/2C6H12/c1-5(2)6(3)4;1-4-6(3)5-2/h1-4H3;4H,5H2,1-3H3/b;6-4+. The Balaban J connectivity index is 0. The van der Waals surface area contributed by atoms with Gasteiger partial charge in [0.2, 0.25) is 0 Å². The lowest BCUT2D eigenvalue weighted by Crippen LogP contribution is -1.66. The van der Waals surface area contributed by atoms with Crippen molar-refractivity contribution >= 4 is 0 Å². The predicted octanol–water partition coefficient (Wildman–Crippen LogP) is 4.73. The van der Waals surface area contributed by atoms with Crippen LogP contribution >= 0.6 is 0 Å². The fourth-order valence-electron chi connectivity index (χ4n) is 0.204. The summed E-state index contributed by atoms with van der Waals surface area (Å²) < 4.78 is 0. The molecular weight excluding hydrogens is 144 g/mol. The maximum Gasteiger partial charge on any atom is -0.0352 e. The van der Waals surface area contributed by atoms with Gasteiger partial charge in [0.25, 0.3) is 0 Å². The molecule has 0 aliphatic rings. The molecule has 0 aromatic heterocycles. The molecule has 0 aliphatic heterocycles. The molecule has 0 heterocycles. The normalized spacial score (nSPS) is 10.1. The van der Waals surface area contributed by atoms with Crippen LogP contribution in [0.5, 0.6) is 0 Å². The highest BCUT2D eigenvalue weighted by molar-refractivity contribution is 5.02. The van der Waals surface area contributed by atoms with Gasteiger partial charge in [-0.05, 0) is 48.0 Å². The van der Waals surface area contributed by atoms with Gasteiger partial charge in [0.1, 0.15) is 0 Å². The Morgan fingerprint density at radius 2 is 1.25 bits per heavy atom. The lowest BCUT2D eigenvalue weighted by molar-refractivity contribution is 1.09. The van der Waals surface area contributed by atoms with E-state index >= 15 is 0 Å². The SMILES string of the molecule is C/C=C(\C)CC.CC(C)=C(C)C. The van der Waals surface area contributed by atoms with Gasteiger partial charge in [-0.1, -0.05) is 29.7 Å². The van der Waals surface area contributed by atoms with Gasteiger partial charge >= 0.3 is 0 Å². The fraction of sp³-hybridized carbons (Fsp3) is 0.667. The first-order valence-corrected chi connectivity index (χ1v) is 4.68. The van der Waals surface area contributed by atoms with Crippen LogP contribution in [-0.4, -0.2) is 0 Å². The van der Waals surface area contributed by atoms with Crippen molar-refractivity contribution in [1.29, 1.82) is 0 Å². The Labute approximate surface area is 78.4 Å². The zero-order valence-electron chi connectivity index (χ0n) is 9.78. The van der Waals surface area contributed by atoms with Crippen molar-refractivity contribution in [2.45, 2.75) is 54.9 Å². The Morgan fingerprint density at radius 3 is 1.25 bits per heavy atom. The van der Waals surface area contributed by atoms with Crippen LogP contribution in [0, 0.1) is 0 Å².